The smallest absolute Gasteiger partial charge is 0.264 e. The number of aromatic nitrogens is 1. The topological polar surface area (TPSA) is 76.4 Å². The van der Waals surface area contributed by atoms with Gasteiger partial charge in [-0.3, -0.25) is 10.1 Å². The van der Waals surface area contributed by atoms with Gasteiger partial charge in [-0.15, -0.1) is 0 Å². The van der Waals surface area contributed by atoms with Crippen molar-refractivity contribution < 1.29 is 13.9 Å². The Bertz CT molecular complexity index is 1380. The van der Waals surface area contributed by atoms with Crippen molar-refractivity contribution >= 4 is 40.0 Å². The number of fused-ring (bicyclic) bond motifs is 1. The number of hydrogen-bond donors (Lipinski definition) is 2. The van der Waals surface area contributed by atoms with Gasteiger partial charge in [0.1, 0.15) is 11.3 Å². The largest absolute Gasteiger partial charge is 0.483 e. The number of ether oxygens (including phenoxy) is 1. The second kappa shape index (κ2) is 10.7. The normalized spacial score (nSPS) is 11.8. The number of nitrogens with zero attached hydrogens (tertiary/aromatic N) is 1. The van der Waals surface area contributed by atoms with E-state index >= 15 is 0 Å². The fourth-order valence-electron chi connectivity index (χ4n) is 3.77. The summed E-state index contributed by atoms with van der Waals surface area (Å²) in [6.07, 6.45) is 1.07. The lowest BCUT2D eigenvalue weighted by molar-refractivity contribution is -0.121. The zero-order valence-corrected chi connectivity index (χ0v) is 21.2. The van der Waals surface area contributed by atoms with Crippen LogP contribution in [0.2, 0.25) is 0 Å². The molecule has 35 heavy (non-hydrogen) atoms. The molecule has 0 aliphatic rings. The van der Waals surface area contributed by atoms with E-state index in [4.69, 9.17) is 21.4 Å². The summed E-state index contributed by atoms with van der Waals surface area (Å²) in [6, 6.07) is 19.5. The van der Waals surface area contributed by atoms with Crippen molar-refractivity contribution in [2.45, 2.75) is 40.0 Å². The molecule has 1 amide bonds. The summed E-state index contributed by atoms with van der Waals surface area (Å²) >= 11 is 5.31. The number of aryl methyl sites for hydroxylation is 2. The van der Waals surface area contributed by atoms with Crippen molar-refractivity contribution in [2.24, 2.45) is 0 Å². The zero-order valence-electron chi connectivity index (χ0n) is 20.3. The van der Waals surface area contributed by atoms with Gasteiger partial charge in [0, 0.05) is 11.3 Å². The quantitative estimate of drug-likeness (QED) is 0.289. The molecule has 2 N–H and O–H groups in total. The number of thiocarbonyl (C=S) groups is 1. The summed E-state index contributed by atoms with van der Waals surface area (Å²) in [5.74, 6) is 1.33. The van der Waals surface area contributed by atoms with Crippen LogP contribution in [0.25, 0.3) is 22.6 Å². The third-order valence-electron chi connectivity index (χ3n) is 5.90. The van der Waals surface area contributed by atoms with Gasteiger partial charge in [0.05, 0.1) is 0 Å². The van der Waals surface area contributed by atoms with Crippen LogP contribution in [0.3, 0.4) is 0 Å². The van der Waals surface area contributed by atoms with Gasteiger partial charge in [-0.05, 0) is 85.9 Å². The lowest BCUT2D eigenvalue weighted by atomic mass is 9.98. The third kappa shape index (κ3) is 6.05. The molecule has 4 rings (SSSR count). The zero-order chi connectivity index (χ0) is 24.9. The van der Waals surface area contributed by atoms with Crippen LogP contribution in [0.1, 0.15) is 42.9 Å². The molecule has 1 atom stereocenters. The second-order valence-electron chi connectivity index (χ2n) is 8.70. The molecule has 3 aromatic carbocycles. The molecular formula is C28H29N3O3S. The van der Waals surface area contributed by atoms with E-state index in [9.17, 15) is 4.79 Å². The maximum absolute atomic E-state index is 12.3. The summed E-state index contributed by atoms with van der Waals surface area (Å²) in [6.45, 7) is 8.20. The predicted molar refractivity (Wildman–Crippen MR) is 144 cm³/mol. The van der Waals surface area contributed by atoms with Crippen LogP contribution in [0.5, 0.6) is 5.75 Å². The summed E-state index contributed by atoms with van der Waals surface area (Å²) in [5, 5.41) is 5.88. The average Bonchev–Trinajstić information content (AvgIpc) is 3.26. The van der Waals surface area contributed by atoms with E-state index in [-0.39, 0.29) is 17.6 Å². The number of oxazole rings is 1. The van der Waals surface area contributed by atoms with Gasteiger partial charge in [0.15, 0.2) is 17.3 Å². The summed E-state index contributed by atoms with van der Waals surface area (Å²) < 4.78 is 11.6. The Balaban J connectivity index is 1.38. The fourth-order valence-corrected chi connectivity index (χ4v) is 4.00. The SMILES string of the molecule is CCC(C)c1ccc2oc(-c3cccc(NC(=S)NC(=O)COc4ccc(C)cc4C)c3)nc2c1. The first-order valence-corrected chi connectivity index (χ1v) is 12.0. The molecule has 1 aromatic heterocycles. The minimum Gasteiger partial charge on any atom is -0.483 e. The molecular weight excluding hydrogens is 458 g/mol. The fraction of sp³-hybridized carbons (Fsp3) is 0.250. The van der Waals surface area contributed by atoms with Crippen molar-refractivity contribution in [1.82, 2.24) is 10.3 Å². The van der Waals surface area contributed by atoms with E-state index in [2.05, 4.69) is 41.6 Å². The van der Waals surface area contributed by atoms with Crippen LogP contribution in [0.4, 0.5) is 5.69 Å². The lowest BCUT2D eigenvalue weighted by Crippen LogP contribution is -2.37. The highest BCUT2D eigenvalue weighted by Gasteiger charge is 2.12. The molecule has 0 radical (unpaired) electrons. The Morgan fingerprint density at radius 2 is 1.94 bits per heavy atom. The maximum Gasteiger partial charge on any atom is 0.264 e. The van der Waals surface area contributed by atoms with E-state index in [0.29, 0.717) is 23.2 Å². The maximum atomic E-state index is 12.3. The number of carbonyl (C=O) groups excluding carboxylic acids is 1. The Labute approximate surface area is 210 Å². The van der Waals surface area contributed by atoms with Crippen LogP contribution in [-0.2, 0) is 4.79 Å². The van der Waals surface area contributed by atoms with E-state index < -0.39 is 0 Å². The molecule has 1 heterocycles. The molecule has 0 aliphatic carbocycles. The van der Waals surface area contributed by atoms with Crippen LogP contribution in [0.15, 0.2) is 65.1 Å². The van der Waals surface area contributed by atoms with Crippen molar-refractivity contribution in [3.63, 3.8) is 0 Å². The Morgan fingerprint density at radius 3 is 2.71 bits per heavy atom. The number of rotatable bonds is 7. The van der Waals surface area contributed by atoms with Crippen molar-refractivity contribution in [3.05, 3.63) is 77.4 Å². The molecule has 0 bridgehead atoms. The second-order valence-corrected chi connectivity index (χ2v) is 9.10. The van der Waals surface area contributed by atoms with Gasteiger partial charge in [0.2, 0.25) is 5.89 Å². The third-order valence-corrected chi connectivity index (χ3v) is 6.11. The van der Waals surface area contributed by atoms with Crippen LogP contribution in [0, 0.1) is 13.8 Å². The van der Waals surface area contributed by atoms with Crippen molar-refractivity contribution in [3.8, 4) is 17.2 Å². The highest BCUT2D eigenvalue weighted by Crippen LogP contribution is 2.29. The van der Waals surface area contributed by atoms with E-state index in [1.165, 1.54) is 5.56 Å². The van der Waals surface area contributed by atoms with Gasteiger partial charge in [0.25, 0.3) is 5.91 Å². The molecule has 180 valence electrons. The summed E-state index contributed by atoms with van der Waals surface area (Å²) in [4.78, 5) is 17.0. The Morgan fingerprint density at radius 1 is 1.11 bits per heavy atom. The van der Waals surface area contributed by atoms with Crippen LogP contribution in [-0.4, -0.2) is 22.6 Å². The minimum absolute atomic E-state index is 0.132. The average molecular weight is 488 g/mol. The molecule has 0 spiro atoms. The number of carbonyl (C=O) groups is 1. The molecule has 6 nitrogen and oxygen atoms in total. The lowest BCUT2D eigenvalue weighted by Gasteiger charge is -2.12. The van der Waals surface area contributed by atoms with E-state index in [1.54, 1.807) is 0 Å². The summed E-state index contributed by atoms with van der Waals surface area (Å²) in [5.41, 5.74) is 6.47. The van der Waals surface area contributed by atoms with Gasteiger partial charge in [-0.2, -0.15) is 0 Å². The van der Waals surface area contributed by atoms with Gasteiger partial charge in [-0.1, -0.05) is 43.7 Å². The molecule has 0 saturated carbocycles. The number of amides is 1. The van der Waals surface area contributed by atoms with Crippen LogP contribution < -0.4 is 15.4 Å². The molecule has 1 unspecified atom stereocenters. The van der Waals surface area contributed by atoms with Crippen molar-refractivity contribution in [2.75, 3.05) is 11.9 Å². The standard InChI is InChI=1S/C28H29N3O3S/c1-5-18(3)20-10-12-25-23(15-20)30-27(34-25)21-7-6-8-22(14-21)29-28(35)31-26(32)16-33-24-11-9-17(2)13-19(24)4/h6-15,18H,5,16H2,1-4H3,(H2,29,31,32,35). The Hall–Kier alpha value is -3.71. The predicted octanol–water partition coefficient (Wildman–Crippen LogP) is 6.52. The number of hydrogen-bond acceptors (Lipinski definition) is 5. The molecule has 0 saturated heterocycles. The molecule has 4 aromatic rings. The first-order chi connectivity index (χ1) is 16.8. The first kappa shape index (κ1) is 24.4. The minimum atomic E-state index is -0.338. The van der Waals surface area contributed by atoms with Gasteiger partial charge < -0.3 is 14.5 Å². The Kier molecular flexibility index (Phi) is 7.46. The molecule has 0 fully saturated rings. The van der Waals surface area contributed by atoms with Crippen LogP contribution >= 0.6 is 12.2 Å². The molecule has 0 aliphatic heterocycles. The van der Waals surface area contributed by atoms with Crippen molar-refractivity contribution in [1.29, 1.82) is 0 Å². The molecule has 7 heteroatoms. The van der Waals surface area contributed by atoms with Gasteiger partial charge >= 0.3 is 0 Å². The monoisotopic (exact) mass is 487 g/mol. The number of anilines is 1. The number of benzene rings is 3. The highest BCUT2D eigenvalue weighted by molar-refractivity contribution is 7.80. The first-order valence-electron chi connectivity index (χ1n) is 11.6. The summed E-state index contributed by atoms with van der Waals surface area (Å²) in [7, 11) is 0. The van der Waals surface area contributed by atoms with E-state index in [1.807, 2.05) is 62.4 Å². The number of nitrogens with one attached hydrogen (secondary N) is 2. The van der Waals surface area contributed by atoms with Gasteiger partial charge in [-0.25, -0.2) is 4.98 Å². The van der Waals surface area contributed by atoms with E-state index in [0.717, 1.165) is 34.2 Å². The highest BCUT2D eigenvalue weighted by atomic mass is 32.1.